The molecule has 0 atom stereocenters. The van der Waals surface area contributed by atoms with E-state index < -0.39 is 0 Å². The van der Waals surface area contributed by atoms with Crippen LogP contribution >= 0.6 is 0 Å². The van der Waals surface area contributed by atoms with E-state index in [-0.39, 0.29) is 24.8 Å². The average molecular weight is 555 g/mol. The molecule has 11 heteroatoms. The number of aromatic nitrogens is 4. The first kappa shape index (κ1) is 28.9. The van der Waals surface area contributed by atoms with Gasteiger partial charge in [-0.15, -0.1) is 5.10 Å². The Morgan fingerprint density at radius 2 is 1.76 bits per heavy atom. The molecule has 41 heavy (non-hydrogen) atoms. The summed E-state index contributed by atoms with van der Waals surface area (Å²) in [5.41, 5.74) is 4.02. The third-order valence-electron chi connectivity index (χ3n) is 6.11. The maximum absolute atomic E-state index is 11.8. The lowest BCUT2D eigenvalue weighted by molar-refractivity contribution is -0.130. The minimum Gasteiger partial charge on any atom is -0.487 e. The second kappa shape index (κ2) is 13.3. The van der Waals surface area contributed by atoms with Crippen LogP contribution in [-0.2, 0) is 4.79 Å². The van der Waals surface area contributed by atoms with Crippen LogP contribution in [0, 0.1) is 5.41 Å². The topological polar surface area (TPSA) is 138 Å². The van der Waals surface area contributed by atoms with Gasteiger partial charge < -0.3 is 30.4 Å². The molecular weight excluding hydrogens is 520 g/mol. The number of ether oxygens (including phenoxy) is 2. The molecule has 0 unspecified atom stereocenters. The molecule has 3 N–H and O–H groups in total. The molecule has 1 aromatic carbocycles. The lowest BCUT2D eigenvalue weighted by atomic mass is 10.0. The average Bonchev–Trinajstić information content (AvgIpc) is 2.97. The lowest BCUT2D eigenvalue weighted by Gasteiger charge is -2.14. The highest BCUT2D eigenvalue weighted by Crippen LogP contribution is 2.24. The van der Waals surface area contributed by atoms with E-state index in [1.54, 1.807) is 64.0 Å². The summed E-state index contributed by atoms with van der Waals surface area (Å²) in [6, 6.07) is 14.5. The Labute approximate surface area is 239 Å². The fourth-order valence-corrected chi connectivity index (χ4v) is 3.76. The van der Waals surface area contributed by atoms with E-state index in [0.717, 1.165) is 11.1 Å². The van der Waals surface area contributed by atoms with Crippen molar-refractivity contribution >= 4 is 39.9 Å². The molecule has 0 aliphatic rings. The third kappa shape index (κ3) is 7.75. The molecule has 0 saturated heterocycles. The Morgan fingerprint density at radius 1 is 1.00 bits per heavy atom. The number of hydrogen-bond donors (Lipinski definition) is 3. The van der Waals surface area contributed by atoms with Gasteiger partial charge in [0.15, 0.2) is 12.4 Å². The van der Waals surface area contributed by atoms with Crippen LogP contribution in [0.25, 0.3) is 16.6 Å². The summed E-state index contributed by atoms with van der Waals surface area (Å²) in [4.78, 5) is 22.6. The Morgan fingerprint density at radius 3 is 2.46 bits per heavy atom. The van der Waals surface area contributed by atoms with Crippen LogP contribution in [0.1, 0.15) is 30.9 Å². The number of likely N-dealkylation sites (N-methyl/N-ethyl adjacent to an activating group) is 1. The first-order chi connectivity index (χ1) is 19.7. The largest absolute Gasteiger partial charge is 0.487 e. The van der Waals surface area contributed by atoms with Crippen molar-refractivity contribution in [3.05, 3.63) is 78.3 Å². The van der Waals surface area contributed by atoms with Crippen LogP contribution in [0.5, 0.6) is 11.5 Å². The highest BCUT2D eigenvalue weighted by molar-refractivity contribution is 6.23. The van der Waals surface area contributed by atoms with Gasteiger partial charge >= 0.3 is 0 Å². The lowest BCUT2D eigenvalue weighted by Crippen LogP contribution is -2.27. The summed E-state index contributed by atoms with van der Waals surface area (Å²) in [5.74, 6) is 2.43. The van der Waals surface area contributed by atoms with E-state index in [4.69, 9.17) is 19.9 Å². The highest BCUT2D eigenvalue weighted by Gasteiger charge is 2.13. The minimum atomic E-state index is -0.143. The fourth-order valence-electron chi connectivity index (χ4n) is 3.76. The molecule has 11 nitrogen and oxygen atoms in total. The van der Waals surface area contributed by atoms with Crippen LogP contribution in [0.2, 0.25) is 0 Å². The van der Waals surface area contributed by atoms with Crippen molar-refractivity contribution in [3.8, 4) is 11.5 Å². The molecule has 0 saturated carbocycles. The van der Waals surface area contributed by atoms with Gasteiger partial charge in [0, 0.05) is 50.7 Å². The fraction of sp³-hybridized carbons (Fsp3) is 0.267. The molecule has 4 aromatic rings. The van der Waals surface area contributed by atoms with Gasteiger partial charge in [0.2, 0.25) is 0 Å². The standard InChI is InChI=1S/C30H34N8O3/c1-19(2)20-12-29(37-34-15-20)36-28-10-9-26-27(35-28)11-21(14-33-26)24(16-32-3)25(31)17-40-22-7-6-8-23(13-22)41-18-30(39)38(4)5/h6-16,19,31-32H,17-18H2,1-5H3,(H,35,36,37)/b24-16-,31-25?. The van der Waals surface area contributed by atoms with E-state index in [0.29, 0.717) is 45.7 Å². The maximum Gasteiger partial charge on any atom is 0.259 e. The van der Waals surface area contributed by atoms with Crippen LogP contribution < -0.4 is 20.1 Å². The number of amides is 1. The van der Waals surface area contributed by atoms with Gasteiger partial charge in [0.1, 0.15) is 23.9 Å². The van der Waals surface area contributed by atoms with Crippen molar-refractivity contribution in [2.45, 2.75) is 19.8 Å². The molecule has 212 valence electrons. The molecule has 3 aromatic heterocycles. The molecular formula is C30H34N8O3. The molecule has 0 fully saturated rings. The smallest absolute Gasteiger partial charge is 0.259 e. The van der Waals surface area contributed by atoms with Crippen molar-refractivity contribution in [1.29, 1.82) is 5.41 Å². The summed E-state index contributed by atoms with van der Waals surface area (Å²) >= 11 is 0. The SMILES string of the molecule is CN/C=C(\C(=N)COc1cccc(OCC(=O)N(C)C)c1)c1cnc2ccc(Nc3cc(C(C)C)cnn3)nc2c1. The summed E-state index contributed by atoms with van der Waals surface area (Å²) in [7, 11) is 5.11. The molecule has 0 spiro atoms. The first-order valence-corrected chi connectivity index (χ1v) is 13.1. The zero-order valence-corrected chi connectivity index (χ0v) is 23.8. The molecule has 0 bridgehead atoms. The van der Waals surface area contributed by atoms with Crippen molar-refractivity contribution in [2.75, 3.05) is 39.7 Å². The number of carbonyl (C=O) groups excluding carboxylic acids is 1. The Bertz CT molecular complexity index is 1570. The van der Waals surface area contributed by atoms with Gasteiger partial charge in [0.25, 0.3) is 5.91 Å². The van der Waals surface area contributed by atoms with E-state index >= 15 is 0 Å². The van der Waals surface area contributed by atoms with Gasteiger partial charge in [-0.05, 0) is 47.9 Å². The molecule has 0 aliphatic carbocycles. The van der Waals surface area contributed by atoms with Crippen LogP contribution in [0.15, 0.2) is 67.1 Å². The van der Waals surface area contributed by atoms with Crippen molar-refractivity contribution < 1.29 is 14.3 Å². The third-order valence-corrected chi connectivity index (χ3v) is 6.11. The van der Waals surface area contributed by atoms with E-state index in [2.05, 4.69) is 39.7 Å². The highest BCUT2D eigenvalue weighted by atomic mass is 16.5. The number of rotatable bonds is 12. The number of benzene rings is 1. The summed E-state index contributed by atoms with van der Waals surface area (Å²) in [6.45, 7) is 4.14. The summed E-state index contributed by atoms with van der Waals surface area (Å²) < 4.78 is 11.4. The van der Waals surface area contributed by atoms with E-state index in [1.807, 2.05) is 24.3 Å². The van der Waals surface area contributed by atoms with Gasteiger partial charge in [-0.3, -0.25) is 9.78 Å². The summed E-state index contributed by atoms with van der Waals surface area (Å²) in [6.07, 6.45) is 5.20. The van der Waals surface area contributed by atoms with Crippen LogP contribution in [0.3, 0.4) is 0 Å². The number of nitrogens with zero attached hydrogens (tertiary/aromatic N) is 5. The second-order valence-electron chi connectivity index (χ2n) is 9.78. The van der Waals surface area contributed by atoms with E-state index in [1.165, 1.54) is 4.90 Å². The number of carbonyl (C=O) groups is 1. The molecule has 0 radical (unpaired) electrons. The number of hydrogen-bond acceptors (Lipinski definition) is 10. The quantitative estimate of drug-likeness (QED) is 0.217. The normalized spacial score (nSPS) is 11.3. The molecule has 0 aliphatic heterocycles. The Balaban J connectivity index is 1.48. The van der Waals surface area contributed by atoms with Crippen molar-refractivity contribution in [3.63, 3.8) is 0 Å². The Hall–Kier alpha value is -5.06. The monoisotopic (exact) mass is 554 g/mol. The van der Waals surface area contributed by atoms with E-state index in [9.17, 15) is 4.79 Å². The van der Waals surface area contributed by atoms with Crippen molar-refractivity contribution in [1.82, 2.24) is 30.4 Å². The van der Waals surface area contributed by atoms with Crippen LogP contribution in [-0.4, -0.2) is 71.0 Å². The number of pyridine rings is 2. The van der Waals surface area contributed by atoms with Gasteiger partial charge in [0.05, 0.1) is 22.9 Å². The number of fused-ring (bicyclic) bond motifs is 1. The van der Waals surface area contributed by atoms with Gasteiger partial charge in [-0.2, -0.15) is 5.10 Å². The maximum atomic E-state index is 11.8. The molecule has 1 amide bonds. The Kier molecular flexibility index (Phi) is 9.41. The number of nitrogens with one attached hydrogen (secondary N) is 3. The second-order valence-corrected chi connectivity index (χ2v) is 9.78. The van der Waals surface area contributed by atoms with Gasteiger partial charge in [-0.25, -0.2) is 4.98 Å². The first-order valence-electron chi connectivity index (χ1n) is 13.1. The minimum absolute atomic E-state index is 0.00547. The number of anilines is 2. The molecule has 3 heterocycles. The summed E-state index contributed by atoms with van der Waals surface area (Å²) in [5, 5.41) is 23.2. The van der Waals surface area contributed by atoms with Crippen LogP contribution in [0.4, 0.5) is 11.6 Å². The predicted octanol–water partition coefficient (Wildman–Crippen LogP) is 4.41. The molecule has 4 rings (SSSR count). The van der Waals surface area contributed by atoms with Crippen molar-refractivity contribution in [2.24, 2.45) is 0 Å². The zero-order valence-electron chi connectivity index (χ0n) is 23.8. The van der Waals surface area contributed by atoms with Gasteiger partial charge in [-0.1, -0.05) is 19.9 Å². The zero-order chi connectivity index (χ0) is 29.4. The predicted molar refractivity (Wildman–Crippen MR) is 160 cm³/mol.